The molecule has 2 aromatic rings. The molecule has 30 heavy (non-hydrogen) atoms. The van der Waals surface area contributed by atoms with E-state index in [2.05, 4.69) is 12.2 Å². The number of rotatable bonds is 7. The van der Waals surface area contributed by atoms with Gasteiger partial charge in [-0.2, -0.15) is 0 Å². The SMILES string of the molecule is CCCCOC(=O)N1CCC(N(Cc2ccccc2)C(=O)Nc2ccccc2)CC1. The molecule has 0 bridgehead atoms. The van der Waals surface area contributed by atoms with Crippen LogP contribution in [-0.4, -0.2) is 47.7 Å². The van der Waals surface area contributed by atoms with Crippen LogP contribution in [0, 0.1) is 0 Å². The van der Waals surface area contributed by atoms with Crippen LogP contribution in [0.1, 0.15) is 38.2 Å². The summed E-state index contributed by atoms with van der Waals surface area (Å²) >= 11 is 0. The number of carbonyl (C=O) groups is 2. The molecule has 0 spiro atoms. The second-order valence-corrected chi connectivity index (χ2v) is 7.60. The van der Waals surface area contributed by atoms with Gasteiger partial charge in [-0.15, -0.1) is 0 Å². The van der Waals surface area contributed by atoms with E-state index in [1.54, 1.807) is 4.90 Å². The molecule has 0 saturated carbocycles. The van der Waals surface area contributed by atoms with Crippen molar-refractivity contribution in [3.8, 4) is 0 Å². The van der Waals surface area contributed by atoms with Gasteiger partial charge in [0.2, 0.25) is 0 Å². The first-order valence-electron chi connectivity index (χ1n) is 10.8. The summed E-state index contributed by atoms with van der Waals surface area (Å²) in [5.74, 6) is 0. The van der Waals surface area contributed by atoms with E-state index in [0.717, 1.165) is 36.9 Å². The Labute approximate surface area is 178 Å². The lowest BCUT2D eigenvalue weighted by Crippen LogP contribution is -2.49. The van der Waals surface area contributed by atoms with Gasteiger partial charge in [-0.3, -0.25) is 0 Å². The maximum Gasteiger partial charge on any atom is 0.409 e. The Morgan fingerprint density at radius 3 is 2.30 bits per heavy atom. The maximum absolute atomic E-state index is 13.1. The Kier molecular flexibility index (Phi) is 8.12. The molecule has 0 unspecified atom stereocenters. The highest BCUT2D eigenvalue weighted by molar-refractivity contribution is 5.89. The minimum Gasteiger partial charge on any atom is -0.449 e. The number of nitrogens with zero attached hydrogens (tertiary/aromatic N) is 2. The quantitative estimate of drug-likeness (QED) is 0.646. The van der Waals surface area contributed by atoms with Crippen LogP contribution in [0.2, 0.25) is 0 Å². The number of carbonyl (C=O) groups excluding carboxylic acids is 2. The molecule has 1 aliphatic rings. The van der Waals surface area contributed by atoms with Gasteiger partial charge in [-0.1, -0.05) is 61.9 Å². The number of nitrogens with one attached hydrogen (secondary N) is 1. The number of benzene rings is 2. The van der Waals surface area contributed by atoms with Crippen LogP contribution in [0.5, 0.6) is 0 Å². The monoisotopic (exact) mass is 409 g/mol. The van der Waals surface area contributed by atoms with Gasteiger partial charge in [0.05, 0.1) is 6.61 Å². The van der Waals surface area contributed by atoms with Crippen LogP contribution in [0.4, 0.5) is 15.3 Å². The van der Waals surface area contributed by atoms with Crippen LogP contribution in [0.25, 0.3) is 0 Å². The van der Waals surface area contributed by atoms with Crippen molar-refractivity contribution in [3.63, 3.8) is 0 Å². The predicted molar refractivity (Wildman–Crippen MR) is 118 cm³/mol. The molecule has 1 heterocycles. The van der Waals surface area contributed by atoms with Gasteiger partial charge < -0.3 is 19.9 Å². The van der Waals surface area contributed by atoms with Crippen molar-refractivity contribution in [3.05, 3.63) is 66.2 Å². The molecule has 6 heteroatoms. The van der Waals surface area contributed by atoms with Crippen molar-refractivity contribution < 1.29 is 14.3 Å². The molecule has 3 amide bonds. The number of hydrogen-bond donors (Lipinski definition) is 1. The van der Waals surface area contributed by atoms with E-state index in [4.69, 9.17) is 4.74 Å². The van der Waals surface area contributed by atoms with Crippen molar-refractivity contribution in [1.29, 1.82) is 0 Å². The zero-order valence-corrected chi connectivity index (χ0v) is 17.6. The third kappa shape index (κ3) is 6.24. The number of unbranched alkanes of at least 4 members (excludes halogenated alkanes) is 1. The van der Waals surface area contributed by atoms with Gasteiger partial charge in [0.15, 0.2) is 0 Å². The van der Waals surface area contributed by atoms with Crippen LogP contribution >= 0.6 is 0 Å². The standard InChI is InChI=1S/C24H31N3O3/c1-2-3-18-30-24(29)26-16-14-22(15-17-26)27(19-20-10-6-4-7-11-20)23(28)25-21-12-8-5-9-13-21/h4-13,22H,2-3,14-19H2,1H3,(H,25,28). The smallest absolute Gasteiger partial charge is 0.409 e. The van der Waals surface area contributed by atoms with Crippen molar-refractivity contribution >= 4 is 17.8 Å². The first-order chi connectivity index (χ1) is 14.7. The minimum absolute atomic E-state index is 0.0635. The van der Waals surface area contributed by atoms with Crippen molar-refractivity contribution in [2.24, 2.45) is 0 Å². The highest BCUT2D eigenvalue weighted by Gasteiger charge is 2.30. The number of hydrogen-bond acceptors (Lipinski definition) is 3. The minimum atomic E-state index is -0.245. The first kappa shape index (κ1) is 21.7. The molecule has 3 rings (SSSR count). The van der Waals surface area contributed by atoms with Crippen LogP contribution in [0.3, 0.4) is 0 Å². The fourth-order valence-corrected chi connectivity index (χ4v) is 3.62. The van der Waals surface area contributed by atoms with Crippen LogP contribution in [-0.2, 0) is 11.3 Å². The van der Waals surface area contributed by atoms with Gasteiger partial charge >= 0.3 is 12.1 Å². The summed E-state index contributed by atoms with van der Waals surface area (Å²) < 4.78 is 5.33. The van der Waals surface area contributed by atoms with E-state index in [-0.39, 0.29) is 18.2 Å². The second kappa shape index (κ2) is 11.2. The Morgan fingerprint density at radius 1 is 1.03 bits per heavy atom. The Hall–Kier alpha value is -3.02. The molecular weight excluding hydrogens is 378 g/mol. The number of ether oxygens (including phenoxy) is 1. The van der Waals surface area contributed by atoms with Crippen molar-refractivity contribution in [2.45, 2.75) is 45.2 Å². The number of para-hydroxylation sites is 1. The molecule has 1 N–H and O–H groups in total. The highest BCUT2D eigenvalue weighted by atomic mass is 16.6. The summed E-state index contributed by atoms with van der Waals surface area (Å²) in [6.45, 7) is 4.26. The Balaban J connectivity index is 1.63. The highest BCUT2D eigenvalue weighted by Crippen LogP contribution is 2.21. The van der Waals surface area contributed by atoms with Crippen LogP contribution < -0.4 is 5.32 Å². The summed E-state index contributed by atoms with van der Waals surface area (Å²) in [6.07, 6.45) is 3.10. The molecule has 2 aromatic carbocycles. The lowest BCUT2D eigenvalue weighted by atomic mass is 10.0. The molecule has 1 fully saturated rings. The Morgan fingerprint density at radius 2 is 1.67 bits per heavy atom. The third-order valence-corrected chi connectivity index (χ3v) is 5.37. The van der Waals surface area contributed by atoms with Gasteiger partial charge in [0, 0.05) is 31.4 Å². The number of piperidine rings is 1. The average molecular weight is 410 g/mol. The lowest BCUT2D eigenvalue weighted by Gasteiger charge is -2.38. The molecule has 1 saturated heterocycles. The molecule has 0 aromatic heterocycles. The second-order valence-electron chi connectivity index (χ2n) is 7.60. The van der Waals surface area contributed by atoms with Gasteiger partial charge in [0.25, 0.3) is 0 Å². The van der Waals surface area contributed by atoms with E-state index in [1.807, 2.05) is 65.6 Å². The van der Waals surface area contributed by atoms with E-state index in [9.17, 15) is 9.59 Å². The lowest BCUT2D eigenvalue weighted by molar-refractivity contribution is 0.0777. The predicted octanol–water partition coefficient (Wildman–Crippen LogP) is 5.12. The number of amides is 3. The van der Waals surface area contributed by atoms with Crippen LogP contribution in [0.15, 0.2) is 60.7 Å². The first-order valence-corrected chi connectivity index (χ1v) is 10.8. The summed E-state index contributed by atoms with van der Waals surface area (Å²) in [6, 6.07) is 19.4. The summed E-state index contributed by atoms with van der Waals surface area (Å²) in [7, 11) is 0. The topological polar surface area (TPSA) is 61.9 Å². The number of anilines is 1. The van der Waals surface area contributed by atoms with Gasteiger partial charge in [-0.05, 0) is 37.0 Å². The average Bonchev–Trinajstić information content (AvgIpc) is 2.79. The normalized spacial score (nSPS) is 14.2. The molecule has 1 aliphatic heterocycles. The van der Waals surface area contributed by atoms with Crippen molar-refractivity contribution in [2.75, 3.05) is 25.0 Å². The zero-order valence-electron chi connectivity index (χ0n) is 17.6. The molecule has 0 atom stereocenters. The zero-order chi connectivity index (χ0) is 21.2. The number of urea groups is 1. The van der Waals surface area contributed by atoms with E-state index in [1.165, 1.54) is 0 Å². The Bertz CT molecular complexity index is 790. The van der Waals surface area contributed by atoms with E-state index in [0.29, 0.717) is 26.2 Å². The van der Waals surface area contributed by atoms with Crippen molar-refractivity contribution in [1.82, 2.24) is 9.80 Å². The van der Waals surface area contributed by atoms with E-state index < -0.39 is 0 Å². The summed E-state index contributed by atoms with van der Waals surface area (Å²) in [5.41, 5.74) is 1.86. The van der Waals surface area contributed by atoms with E-state index >= 15 is 0 Å². The molecule has 0 radical (unpaired) electrons. The molecule has 6 nitrogen and oxygen atoms in total. The molecular formula is C24H31N3O3. The maximum atomic E-state index is 13.1. The van der Waals surface area contributed by atoms with Gasteiger partial charge in [0.1, 0.15) is 0 Å². The third-order valence-electron chi connectivity index (χ3n) is 5.37. The fraction of sp³-hybridized carbons (Fsp3) is 0.417. The largest absolute Gasteiger partial charge is 0.449 e. The van der Waals surface area contributed by atoms with Gasteiger partial charge in [-0.25, -0.2) is 9.59 Å². The fourth-order valence-electron chi connectivity index (χ4n) is 3.62. The molecule has 160 valence electrons. The summed E-state index contributed by atoms with van der Waals surface area (Å²) in [5, 5.41) is 3.01. The summed E-state index contributed by atoms with van der Waals surface area (Å²) in [4.78, 5) is 29.0. The molecule has 0 aliphatic carbocycles. The number of likely N-dealkylation sites (tertiary alicyclic amines) is 1.